The van der Waals surface area contributed by atoms with Crippen molar-refractivity contribution in [2.45, 2.75) is 26.5 Å². The summed E-state index contributed by atoms with van der Waals surface area (Å²) in [7, 11) is 0. The predicted molar refractivity (Wildman–Crippen MR) is 123 cm³/mol. The fourth-order valence-electron chi connectivity index (χ4n) is 3.77. The van der Waals surface area contributed by atoms with E-state index in [2.05, 4.69) is 15.4 Å². The molecular weight excluding hydrogens is 466 g/mol. The van der Waals surface area contributed by atoms with Crippen molar-refractivity contribution in [3.63, 3.8) is 0 Å². The van der Waals surface area contributed by atoms with Crippen molar-refractivity contribution in [1.82, 2.24) is 20.1 Å². The predicted octanol–water partition coefficient (Wildman–Crippen LogP) is 4.41. The number of hydrogen-bond donors (Lipinski definition) is 2. The molecule has 2 aromatic heterocycles. The summed E-state index contributed by atoms with van der Waals surface area (Å²) in [5.41, 5.74) is 2.53. The van der Waals surface area contributed by atoms with Crippen LogP contribution in [-0.2, 0) is 11.4 Å². The highest BCUT2D eigenvalue weighted by atomic mass is 35.5. The number of hydrogen-bond acceptors (Lipinski definition) is 5. The van der Waals surface area contributed by atoms with Gasteiger partial charge in [0.25, 0.3) is 0 Å². The summed E-state index contributed by atoms with van der Waals surface area (Å²) in [5.74, 6) is -1.04. The summed E-state index contributed by atoms with van der Waals surface area (Å²) < 4.78 is 35.1. The average molecular weight is 487 g/mol. The quantitative estimate of drug-likeness (QED) is 0.404. The molecule has 34 heavy (non-hydrogen) atoms. The summed E-state index contributed by atoms with van der Waals surface area (Å²) >= 11 is 6.31. The molecule has 0 aliphatic rings. The molecule has 1 amide bonds. The van der Waals surface area contributed by atoms with Crippen molar-refractivity contribution >= 4 is 28.4 Å². The molecule has 10 heteroatoms. The number of carbonyl (C=O) groups is 1. The maximum absolute atomic E-state index is 14.1. The topological polar surface area (TPSA) is 89.3 Å². The Bertz CT molecular complexity index is 1380. The highest BCUT2D eigenvalue weighted by Crippen LogP contribution is 2.32. The highest BCUT2D eigenvalue weighted by Gasteiger charge is 2.21. The molecule has 0 bridgehead atoms. The Kier molecular flexibility index (Phi) is 6.76. The molecule has 0 radical (unpaired) electrons. The number of nitrogens with zero attached hydrogens (tertiary/aromatic N) is 3. The Hall–Kier alpha value is -3.56. The molecule has 0 aliphatic heterocycles. The lowest BCUT2D eigenvalue weighted by atomic mass is 10.0. The average Bonchev–Trinajstić information content (AvgIpc) is 3.22. The minimum absolute atomic E-state index is 0.0784. The van der Waals surface area contributed by atoms with Crippen LogP contribution in [0.3, 0.4) is 0 Å². The molecule has 0 aliphatic carbocycles. The van der Waals surface area contributed by atoms with E-state index in [1.54, 1.807) is 25.1 Å². The Labute approximate surface area is 198 Å². The molecule has 176 valence electrons. The molecule has 0 saturated carbocycles. The summed E-state index contributed by atoms with van der Waals surface area (Å²) in [5, 5.41) is 17.2. The number of para-hydroxylation sites is 1. The van der Waals surface area contributed by atoms with Gasteiger partial charge in [-0.3, -0.25) is 4.79 Å². The van der Waals surface area contributed by atoms with Gasteiger partial charge in [0.1, 0.15) is 23.7 Å². The largest absolute Gasteiger partial charge is 0.487 e. The number of carbonyl (C=O) groups excluding carboxylic acids is 1. The zero-order valence-electron chi connectivity index (χ0n) is 18.3. The van der Waals surface area contributed by atoms with Crippen molar-refractivity contribution in [3.8, 4) is 11.4 Å². The summed E-state index contributed by atoms with van der Waals surface area (Å²) in [6.45, 7) is 2.57. The molecule has 0 spiro atoms. The standard InChI is InChI=1S/C24H21ClF2N4O3/c1-13-6-22(31-10-16(27)9-28-31)17-4-3-5-23(24(17)29-13)34-12-19-18(7-15(26)8-20(19)25)21(11-32)30-14(2)33/h3-10,21,32H,11-12H2,1-2H3,(H,30,33)/t21-/m0/s1. The lowest BCUT2D eigenvalue weighted by Crippen LogP contribution is -2.29. The number of halogens is 3. The number of aromatic nitrogens is 3. The van der Waals surface area contributed by atoms with Crippen LogP contribution in [0.5, 0.6) is 5.75 Å². The van der Waals surface area contributed by atoms with Crippen molar-refractivity contribution in [1.29, 1.82) is 0 Å². The number of amides is 1. The summed E-state index contributed by atoms with van der Waals surface area (Å²) in [4.78, 5) is 16.1. The van der Waals surface area contributed by atoms with Crippen LogP contribution in [-0.4, -0.2) is 32.4 Å². The molecule has 7 nitrogen and oxygen atoms in total. The second-order valence-corrected chi connectivity index (χ2v) is 8.13. The van der Waals surface area contributed by atoms with Gasteiger partial charge in [-0.25, -0.2) is 18.4 Å². The highest BCUT2D eigenvalue weighted by molar-refractivity contribution is 6.31. The zero-order valence-corrected chi connectivity index (χ0v) is 19.1. The van der Waals surface area contributed by atoms with Crippen molar-refractivity contribution in [3.05, 3.63) is 82.3 Å². The monoisotopic (exact) mass is 486 g/mol. The van der Waals surface area contributed by atoms with E-state index in [1.807, 2.05) is 6.07 Å². The van der Waals surface area contributed by atoms with Gasteiger partial charge < -0.3 is 15.2 Å². The summed E-state index contributed by atoms with van der Waals surface area (Å²) in [6, 6.07) is 8.57. The maximum Gasteiger partial charge on any atom is 0.217 e. The van der Waals surface area contributed by atoms with Crippen molar-refractivity contribution in [2.24, 2.45) is 0 Å². The normalized spacial score (nSPS) is 12.1. The van der Waals surface area contributed by atoms with E-state index >= 15 is 0 Å². The molecule has 0 saturated heterocycles. The van der Waals surface area contributed by atoms with Gasteiger partial charge in [-0.2, -0.15) is 5.10 Å². The molecule has 0 fully saturated rings. The molecule has 0 unspecified atom stereocenters. The van der Waals surface area contributed by atoms with Crippen LogP contribution in [0.15, 0.2) is 48.8 Å². The minimum atomic E-state index is -0.862. The second kappa shape index (κ2) is 9.74. The first kappa shape index (κ1) is 23.6. The minimum Gasteiger partial charge on any atom is -0.487 e. The SMILES string of the molecule is CC(=O)N[C@@H](CO)c1cc(F)cc(Cl)c1COc1cccc2c(-n3cc(F)cn3)cc(C)nc12. The lowest BCUT2D eigenvalue weighted by molar-refractivity contribution is -0.120. The number of aryl methyl sites for hydroxylation is 1. The van der Waals surface area contributed by atoms with E-state index in [1.165, 1.54) is 23.9 Å². The number of fused-ring (bicyclic) bond motifs is 1. The van der Waals surface area contributed by atoms with Gasteiger partial charge in [0, 0.05) is 23.6 Å². The number of benzene rings is 2. The Morgan fingerprint density at radius 2 is 2.06 bits per heavy atom. The lowest BCUT2D eigenvalue weighted by Gasteiger charge is -2.21. The van der Waals surface area contributed by atoms with Gasteiger partial charge in [-0.1, -0.05) is 23.7 Å². The van der Waals surface area contributed by atoms with E-state index in [9.17, 15) is 18.7 Å². The van der Waals surface area contributed by atoms with Crippen LogP contribution >= 0.6 is 11.6 Å². The molecule has 1 atom stereocenters. The van der Waals surface area contributed by atoms with Gasteiger partial charge in [-0.05, 0) is 36.8 Å². The first-order valence-corrected chi connectivity index (χ1v) is 10.7. The van der Waals surface area contributed by atoms with Crippen LogP contribution < -0.4 is 10.1 Å². The van der Waals surface area contributed by atoms with Crippen molar-refractivity contribution < 1.29 is 23.4 Å². The van der Waals surface area contributed by atoms with E-state index < -0.39 is 24.3 Å². The zero-order chi connectivity index (χ0) is 24.4. The van der Waals surface area contributed by atoms with Crippen LogP contribution in [0.2, 0.25) is 5.02 Å². The van der Waals surface area contributed by atoms with E-state index in [4.69, 9.17) is 16.3 Å². The van der Waals surface area contributed by atoms with Gasteiger partial charge >= 0.3 is 0 Å². The number of rotatable bonds is 7. The van der Waals surface area contributed by atoms with E-state index in [-0.39, 0.29) is 17.5 Å². The van der Waals surface area contributed by atoms with Crippen LogP contribution in [0, 0.1) is 18.6 Å². The Morgan fingerprint density at radius 1 is 1.26 bits per heavy atom. The Balaban J connectivity index is 1.74. The van der Waals surface area contributed by atoms with Gasteiger partial charge in [0.15, 0.2) is 5.82 Å². The maximum atomic E-state index is 14.1. The number of pyridine rings is 1. The first-order chi connectivity index (χ1) is 16.3. The molecule has 2 heterocycles. The van der Waals surface area contributed by atoms with Gasteiger partial charge in [0.2, 0.25) is 5.91 Å². The van der Waals surface area contributed by atoms with Crippen LogP contribution in [0.4, 0.5) is 8.78 Å². The fourth-order valence-corrected chi connectivity index (χ4v) is 4.04. The third kappa shape index (κ3) is 4.85. The van der Waals surface area contributed by atoms with Gasteiger partial charge in [-0.15, -0.1) is 0 Å². The molecule has 4 rings (SSSR count). The number of ether oxygens (including phenoxy) is 1. The molecular formula is C24H21ClF2N4O3. The molecule has 2 aromatic carbocycles. The van der Waals surface area contributed by atoms with Crippen molar-refractivity contribution in [2.75, 3.05) is 6.61 Å². The molecule has 2 N–H and O–H groups in total. The number of aliphatic hydroxyl groups excluding tert-OH is 1. The van der Waals surface area contributed by atoms with Crippen LogP contribution in [0.25, 0.3) is 16.6 Å². The van der Waals surface area contributed by atoms with E-state index in [0.717, 1.165) is 12.3 Å². The third-order valence-electron chi connectivity index (χ3n) is 5.21. The number of nitrogens with one attached hydrogen (secondary N) is 1. The molecule has 4 aromatic rings. The fraction of sp³-hybridized carbons (Fsp3) is 0.208. The second-order valence-electron chi connectivity index (χ2n) is 7.72. The van der Waals surface area contributed by atoms with Crippen LogP contribution in [0.1, 0.15) is 29.8 Å². The summed E-state index contributed by atoms with van der Waals surface area (Å²) in [6.07, 6.45) is 2.38. The smallest absolute Gasteiger partial charge is 0.217 e. The first-order valence-electron chi connectivity index (χ1n) is 10.4. The Morgan fingerprint density at radius 3 is 2.74 bits per heavy atom. The third-order valence-corrected chi connectivity index (χ3v) is 5.55. The van der Waals surface area contributed by atoms with E-state index in [0.29, 0.717) is 39.2 Å². The number of aliphatic hydroxyl groups is 1. The van der Waals surface area contributed by atoms with Gasteiger partial charge in [0.05, 0.1) is 35.8 Å².